The number of nitrogens with zero attached hydrogens (tertiary/aromatic N) is 3. The van der Waals surface area contributed by atoms with Gasteiger partial charge in [0.1, 0.15) is 5.75 Å². The summed E-state index contributed by atoms with van der Waals surface area (Å²) in [5.41, 5.74) is 3.03. The van der Waals surface area contributed by atoms with Gasteiger partial charge in [-0.1, -0.05) is 42.5 Å². The van der Waals surface area contributed by atoms with Gasteiger partial charge in [-0.25, -0.2) is 9.34 Å². The van der Waals surface area contributed by atoms with Gasteiger partial charge in [0, 0.05) is 32.6 Å². The molecule has 3 aliphatic rings. The molecule has 9 heteroatoms. The molecule has 2 heterocycles. The van der Waals surface area contributed by atoms with Crippen molar-refractivity contribution in [1.29, 1.82) is 0 Å². The largest absolute Gasteiger partial charge is 0.451 e. The molecule has 0 radical (unpaired) electrons. The van der Waals surface area contributed by atoms with Crippen LogP contribution in [0.1, 0.15) is 26.2 Å². The Labute approximate surface area is 199 Å². The van der Waals surface area contributed by atoms with E-state index < -0.39 is 13.8 Å². The summed E-state index contributed by atoms with van der Waals surface area (Å²) in [6, 6.07) is 17.5. The molecule has 2 aromatic rings. The van der Waals surface area contributed by atoms with Crippen LogP contribution in [0, 0.1) is 10.1 Å². The van der Waals surface area contributed by atoms with Crippen molar-refractivity contribution in [2.24, 2.45) is 0 Å². The minimum atomic E-state index is -3.00. The molecule has 2 fully saturated rings. The number of nitro groups is 1. The molecule has 2 saturated heterocycles. The highest BCUT2D eigenvalue weighted by atomic mass is 31.2. The summed E-state index contributed by atoms with van der Waals surface area (Å²) in [6.45, 7) is 4.97. The average Bonchev–Trinajstić information content (AvgIpc) is 3.73. The standard InChI is InChI=1S/C25H28N3O5P/c1-19(33-34(31,26-14-15-26)27-16-17-27)22-8-5-9-24(28(29)30)25(18-22)32-23-12-10-21(11-13-23)20-6-3-2-4-7-20/h2-4,6-7,10-13,18-19H,5,8-9,14-17H2,1H3. The molecule has 2 aromatic carbocycles. The van der Waals surface area contributed by atoms with Crippen LogP contribution in [0.4, 0.5) is 0 Å². The van der Waals surface area contributed by atoms with Crippen molar-refractivity contribution >= 4 is 7.67 Å². The normalized spacial score (nSPS) is 19.9. The fraction of sp³-hybridized carbons (Fsp3) is 0.360. The smallest absolute Gasteiger partial charge is 0.346 e. The van der Waals surface area contributed by atoms with Crippen molar-refractivity contribution in [3.63, 3.8) is 0 Å². The fourth-order valence-electron chi connectivity index (χ4n) is 4.15. The molecule has 1 aliphatic carbocycles. The monoisotopic (exact) mass is 481 g/mol. The Morgan fingerprint density at radius 3 is 2.15 bits per heavy atom. The van der Waals surface area contributed by atoms with Crippen molar-refractivity contribution in [2.75, 3.05) is 26.2 Å². The Bertz CT molecular complexity index is 1150. The fourth-order valence-corrected chi connectivity index (χ4v) is 6.51. The number of hydrogen-bond donors (Lipinski definition) is 0. The molecule has 0 N–H and O–H groups in total. The summed E-state index contributed by atoms with van der Waals surface area (Å²) >= 11 is 0. The summed E-state index contributed by atoms with van der Waals surface area (Å²) in [7, 11) is -3.00. The third kappa shape index (κ3) is 5.00. The van der Waals surface area contributed by atoms with Gasteiger partial charge in [-0.05, 0) is 54.7 Å². The van der Waals surface area contributed by atoms with Crippen LogP contribution < -0.4 is 4.74 Å². The third-order valence-corrected chi connectivity index (χ3v) is 9.09. The minimum absolute atomic E-state index is 0.0504. The Kier molecular flexibility index (Phi) is 6.40. The van der Waals surface area contributed by atoms with Crippen molar-refractivity contribution < 1.29 is 18.7 Å². The number of ether oxygens (including phenoxy) is 1. The van der Waals surface area contributed by atoms with Crippen molar-refractivity contribution in [3.8, 4) is 16.9 Å². The highest BCUT2D eigenvalue weighted by molar-refractivity contribution is 7.54. The van der Waals surface area contributed by atoms with E-state index in [1.807, 2.05) is 70.9 Å². The van der Waals surface area contributed by atoms with Gasteiger partial charge in [-0.15, -0.1) is 0 Å². The van der Waals surface area contributed by atoms with Gasteiger partial charge in [0.2, 0.25) is 0 Å². The molecule has 34 heavy (non-hydrogen) atoms. The topological polar surface area (TPSA) is 84.7 Å². The predicted octanol–water partition coefficient (Wildman–Crippen LogP) is 5.48. The summed E-state index contributed by atoms with van der Waals surface area (Å²) in [6.07, 6.45) is 2.81. The van der Waals surface area contributed by atoms with Crippen LogP contribution in [0.2, 0.25) is 0 Å². The van der Waals surface area contributed by atoms with E-state index in [0.717, 1.165) is 42.9 Å². The quantitative estimate of drug-likeness (QED) is 0.203. The summed E-state index contributed by atoms with van der Waals surface area (Å²) in [5, 5.41) is 11.8. The molecule has 0 aromatic heterocycles. The highest BCUT2D eigenvalue weighted by Gasteiger charge is 2.50. The van der Waals surface area contributed by atoms with Crippen molar-refractivity contribution in [3.05, 3.63) is 87.8 Å². The van der Waals surface area contributed by atoms with Crippen LogP contribution in [-0.2, 0) is 9.09 Å². The van der Waals surface area contributed by atoms with Gasteiger partial charge in [-0.3, -0.25) is 19.2 Å². The number of benzene rings is 2. The predicted molar refractivity (Wildman–Crippen MR) is 130 cm³/mol. The van der Waals surface area contributed by atoms with Crippen molar-refractivity contribution in [1.82, 2.24) is 9.34 Å². The zero-order chi connectivity index (χ0) is 23.7. The van der Waals surface area contributed by atoms with Gasteiger partial charge < -0.3 is 4.74 Å². The summed E-state index contributed by atoms with van der Waals surface area (Å²) in [4.78, 5) is 11.4. The molecule has 0 bridgehead atoms. The first-order valence-corrected chi connectivity index (χ1v) is 13.2. The Hall–Kier alpha value is -2.77. The van der Waals surface area contributed by atoms with Gasteiger partial charge in [-0.2, -0.15) is 0 Å². The van der Waals surface area contributed by atoms with E-state index in [0.29, 0.717) is 25.0 Å². The Balaban J connectivity index is 1.38. The van der Waals surface area contributed by atoms with Crippen LogP contribution in [0.25, 0.3) is 11.1 Å². The zero-order valence-electron chi connectivity index (χ0n) is 19.1. The van der Waals surface area contributed by atoms with E-state index in [1.165, 1.54) is 0 Å². The first kappa shape index (κ1) is 23.0. The lowest BCUT2D eigenvalue weighted by Crippen LogP contribution is -2.17. The number of hydrogen-bond acceptors (Lipinski definition) is 5. The van der Waals surface area contributed by atoms with Gasteiger partial charge >= 0.3 is 7.67 Å². The van der Waals surface area contributed by atoms with Crippen LogP contribution in [0.3, 0.4) is 0 Å². The molecule has 2 aliphatic heterocycles. The molecule has 0 spiro atoms. The Morgan fingerprint density at radius 2 is 1.56 bits per heavy atom. The molecule has 1 unspecified atom stereocenters. The van der Waals surface area contributed by atoms with Crippen LogP contribution >= 0.6 is 7.67 Å². The molecule has 8 nitrogen and oxygen atoms in total. The van der Waals surface area contributed by atoms with Gasteiger partial charge in [0.25, 0.3) is 5.70 Å². The molecular weight excluding hydrogens is 453 g/mol. The zero-order valence-corrected chi connectivity index (χ0v) is 20.0. The molecule has 5 rings (SSSR count). The van der Waals surface area contributed by atoms with E-state index in [4.69, 9.17) is 9.26 Å². The van der Waals surface area contributed by atoms with E-state index in [9.17, 15) is 14.7 Å². The summed E-state index contributed by atoms with van der Waals surface area (Å²) < 4.78 is 29.3. The maximum atomic E-state index is 13.4. The van der Waals surface area contributed by atoms with E-state index >= 15 is 0 Å². The van der Waals surface area contributed by atoms with Gasteiger partial charge in [0.05, 0.1) is 11.0 Å². The summed E-state index contributed by atoms with van der Waals surface area (Å²) in [5.74, 6) is 0.743. The lowest BCUT2D eigenvalue weighted by Gasteiger charge is -2.25. The molecule has 0 amide bonds. The second kappa shape index (κ2) is 9.47. The number of rotatable bonds is 9. The van der Waals surface area contributed by atoms with Gasteiger partial charge in [0.15, 0.2) is 5.76 Å². The molecular formula is C25H28N3O5P. The van der Waals surface area contributed by atoms with Crippen LogP contribution in [0.15, 0.2) is 77.7 Å². The van der Waals surface area contributed by atoms with E-state index in [-0.39, 0.29) is 16.4 Å². The second-order valence-corrected chi connectivity index (χ2v) is 11.1. The van der Waals surface area contributed by atoms with Crippen LogP contribution in [-0.4, -0.2) is 46.5 Å². The SMILES string of the molecule is CC(OP(=O)(N1CC1)N1CC1)C1=CC(Oc2ccc(-c3ccccc3)cc2)=C([N+](=O)[O-])CCC1. The molecule has 178 valence electrons. The average molecular weight is 481 g/mol. The maximum Gasteiger partial charge on any atom is 0.346 e. The second-order valence-electron chi connectivity index (χ2n) is 8.78. The van der Waals surface area contributed by atoms with Crippen molar-refractivity contribution in [2.45, 2.75) is 32.3 Å². The Morgan fingerprint density at radius 1 is 0.941 bits per heavy atom. The highest BCUT2D eigenvalue weighted by Crippen LogP contribution is 2.62. The lowest BCUT2D eigenvalue weighted by atomic mass is 10.1. The minimum Gasteiger partial charge on any atom is -0.451 e. The lowest BCUT2D eigenvalue weighted by molar-refractivity contribution is -0.430. The first-order chi connectivity index (χ1) is 16.4. The maximum absolute atomic E-state index is 13.4. The third-order valence-electron chi connectivity index (χ3n) is 6.27. The molecule has 1 atom stereocenters. The number of allylic oxidation sites excluding steroid dienone is 2. The van der Waals surface area contributed by atoms with E-state index in [2.05, 4.69) is 0 Å². The van der Waals surface area contributed by atoms with E-state index in [1.54, 1.807) is 6.08 Å². The molecule has 0 saturated carbocycles. The first-order valence-electron chi connectivity index (χ1n) is 11.6. The van der Waals surface area contributed by atoms with Crippen LogP contribution in [0.5, 0.6) is 5.75 Å².